The molecule has 8 heteroatoms. The first-order chi connectivity index (χ1) is 12.9. The SMILES string of the molecule is CC(C)[C@H](NC(=O)CCCCNC(=O)CCl)C(=O)N[C@@H](C)C(=O)CC(C)(C)C. The van der Waals surface area contributed by atoms with Crippen LogP contribution in [0.3, 0.4) is 0 Å². The highest BCUT2D eigenvalue weighted by atomic mass is 35.5. The molecule has 0 saturated carbocycles. The molecule has 0 aromatic rings. The number of nitrogens with one attached hydrogen (secondary N) is 3. The molecule has 0 aliphatic carbocycles. The van der Waals surface area contributed by atoms with E-state index >= 15 is 0 Å². The fourth-order valence-corrected chi connectivity index (χ4v) is 2.62. The van der Waals surface area contributed by atoms with E-state index in [-0.39, 0.29) is 47.1 Å². The Hall–Kier alpha value is -1.63. The molecule has 0 bridgehead atoms. The zero-order valence-corrected chi connectivity index (χ0v) is 18.7. The standard InChI is InChI=1S/C20H36ClN3O4/c1-13(2)18(19(28)23-14(3)15(25)11-20(4,5)6)24-16(26)9-7-8-10-22-17(27)12-21/h13-14,18H,7-12H2,1-6H3,(H,22,27)(H,23,28)(H,24,26)/t14-,18-/m0/s1. The number of halogens is 1. The molecule has 2 atom stereocenters. The highest BCUT2D eigenvalue weighted by molar-refractivity contribution is 6.27. The quantitative estimate of drug-likeness (QED) is 0.334. The zero-order valence-electron chi connectivity index (χ0n) is 18.0. The number of ketones is 1. The van der Waals surface area contributed by atoms with E-state index in [4.69, 9.17) is 11.6 Å². The van der Waals surface area contributed by atoms with E-state index in [2.05, 4.69) is 16.0 Å². The first-order valence-corrected chi connectivity index (χ1v) is 10.4. The number of amides is 3. The van der Waals surface area contributed by atoms with Crippen molar-refractivity contribution >= 4 is 35.1 Å². The van der Waals surface area contributed by atoms with Gasteiger partial charge in [0.2, 0.25) is 17.7 Å². The van der Waals surface area contributed by atoms with Crippen molar-refractivity contribution in [2.24, 2.45) is 11.3 Å². The number of hydrogen-bond donors (Lipinski definition) is 3. The number of carbonyl (C=O) groups excluding carboxylic acids is 4. The molecule has 3 N–H and O–H groups in total. The molecule has 0 aromatic heterocycles. The Morgan fingerprint density at radius 2 is 1.54 bits per heavy atom. The average molecular weight is 418 g/mol. The Morgan fingerprint density at radius 3 is 2.04 bits per heavy atom. The van der Waals surface area contributed by atoms with Crippen molar-refractivity contribution in [3.8, 4) is 0 Å². The Labute approximate surface area is 173 Å². The molecule has 0 rings (SSSR count). The van der Waals surface area contributed by atoms with Crippen LogP contribution in [0.1, 0.15) is 67.2 Å². The first-order valence-electron chi connectivity index (χ1n) is 9.82. The van der Waals surface area contributed by atoms with Crippen molar-refractivity contribution < 1.29 is 19.2 Å². The third kappa shape index (κ3) is 12.0. The lowest BCUT2D eigenvalue weighted by molar-refractivity contribution is -0.132. The summed E-state index contributed by atoms with van der Waals surface area (Å²) in [6, 6.07) is -1.30. The van der Waals surface area contributed by atoms with Gasteiger partial charge in [-0.1, -0.05) is 34.6 Å². The second-order valence-electron chi connectivity index (χ2n) is 8.66. The van der Waals surface area contributed by atoms with Crippen molar-refractivity contribution in [1.29, 1.82) is 0 Å². The van der Waals surface area contributed by atoms with Crippen molar-refractivity contribution in [1.82, 2.24) is 16.0 Å². The average Bonchev–Trinajstić information content (AvgIpc) is 2.56. The molecule has 28 heavy (non-hydrogen) atoms. The Morgan fingerprint density at radius 1 is 0.929 bits per heavy atom. The van der Waals surface area contributed by atoms with E-state index in [1.807, 2.05) is 34.6 Å². The van der Waals surface area contributed by atoms with E-state index in [1.165, 1.54) is 0 Å². The van der Waals surface area contributed by atoms with Gasteiger partial charge in [-0.05, 0) is 31.1 Å². The molecule has 0 fully saturated rings. The maximum absolute atomic E-state index is 12.5. The van der Waals surface area contributed by atoms with Crippen LogP contribution >= 0.6 is 11.6 Å². The molecule has 0 aromatic carbocycles. The van der Waals surface area contributed by atoms with Crippen LogP contribution in [0.25, 0.3) is 0 Å². The summed E-state index contributed by atoms with van der Waals surface area (Å²) in [6.45, 7) is 11.7. The first kappa shape index (κ1) is 26.4. The van der Waals surface area contributed by atoms with Crippen molar-refractivity contribution in [2.45, 2.75) is 79.3 Å². The highest BCUT2D eigenvalue weighted by Gasteiger charge is 2.28. The summed E-state index contributed by atoms with van der Waals surface area (Å²) < 4.78 is 0. The van der Waals surface area contributed by atoms with Gasteiger partial charge in [-0.25, -0.2) is 0 Å². The van der Waals surface area contributed by atoms with Crippen LogP contribution in [0.4, 0.5) is 0 Å². The molecular weight excluding hydrogens is 382 g/mol. The van der Waals surface area contributed by atoms with Crippen molar-refractivity contribution in [3.63, 3.8) is 0 Å². The number of Topliss-reactive ketones (excluding diaryl/α,β-unsaturated/α-hetero) is 1. The van der Waals surface area contributed by atoms with Gasteiger partial charge in [0.1, 0.15) is 11.9 Å². The number of unbranched alkanes of at least 4 members (excludes halogenated alkanes) is 1. The minimum absolute atomic E-state index is 0.0336. The van der Waals surface area contributed by atoms with Crippen molar-refractivity contribution in [3.05, 3.63) is 0 Å². The molecule has 0 heterocycles. The lowest BCUT2D eigenvalue weighted by Gasteiger charge is -2.25. The molecule has 3 amide bonds. The van der Waals surface area contributed by atoms with Crippen LogP contribution in [-0.4, -0.2) is 48.0 Å². The maximum atomic E-state index is 12.5. The second kappa shape index (κ2) is 12.8. The fraction of sp³-hybridized carbons (Fsp3) is 0.800. The number of carbonyl (C=O) groups is 4. The summed E-state index contributed by atoms with van der Waals surface area (Å²) in [5.74, 6) is -1.05. The molecular formula is C20H36ClN3O4. The molecule has 7 nitrogen and oxygen atoms in total. The normalized spacial score (nSPS) is 13.6. The van der Waals surface area contributed by atoms with Crippen molar-refractivity contribution in [2.75, 3.05) is 12.4 Å². The van der Waals surface area contributed by atoms with Crippen LogP contribution in [0, 0.1) is 11.3 Å². The second-order valence-corrected chi connectivity index (χ2v) is 8.93. The summed E-state index contributed by atoms with van der Waals surface area (Å²) in [7, 11) is 0. The van der Waals surface area contributed by atoms with Gasteiger partial charge in [-0.2, -0.15) is 0 Å². The van der Waals surface area contributed by atoms with Gasteiger partial charge < -0.3 is 16.0 Å². The molecule has 0 aliphatic heterocycles. The molecule has 162 valence electrons. The Bertz CT molecular complexity index is 544. The molecule has 0 radical (unpaired) electrons. The highest BCUT2D eigenvalue weighted by Crippen LogP contribution is 2.19. The fourth-order valence-electron chi connectivity index (χ4n) is 2.53. The van der Waals surface area contributed by atoms with Gasteiger partial charge in [-0.15, -0.1) is 11.6 Å². The predicted octanol–water partition coefficient (Wildman–Crippen LogP) is 2.16. The van der Waals surface area contributed by atoms with Crippen LogP contribution in [0.2, 0.25) is 0 Å². The molecule has 0 aliphatic rings. The number of hydrogen-bond acceptors (Lipinski definition) is 4. The summed E-state index contributed by atoms with van der Waals surface area (Å²) >= 11 is 5.38. The largest absolute Gasteiger partial charge is 0.355 e. The van der Waals surface area contributed by atoms with Gasteiger partial charge in [0.05, 0.1) is 6.04 Å². The maximum Gasteiger partial charge on any atom is 0.243 e. The summed E-state index contributed by atoms with van der Waals surface area (Å²) in [6.07, 6.45) is 1.85. The van der Waals surface area contributed by atoms with Crippen LogP contribution < -0.4 is 16.0 Å². The minimum atomic E-state index is -0.701. The smallest absolute Gasteiger partial charge is 0.243 e. The number of rotatable bonds is 12. The third-order valence-corrected chi connectivity index (χ3v) is 4.33. The predicted molar refractivity (Wildman–Crippen MR) is 111 cm³/mol. The Kier molecular flexibility index (Phi) is 12.0. The van der Waals surface area contributed by atoms with E-state index in [1.54, 1.807) is 6.92 Å². The molecule has 0 saturated heterocycles. The minimum Gasteiger partial charge on any atom is -0.355 e. The lowest BCUT2D eigenvalue weighted by atomic mass is 9.88. The lowest BCUT2D eigenvalue weighted by Crippen LogP contribution is -2.53. The molecule has 0 unspecified atom stereocenters. The van der Waals surface area contributed by atoms with Gasteiger partial charge in [0.25, 0.3) is 0 Å². The van der Waals surface area contributed by atoms with Crippen LogP contribution in [0.15, 0.2) is 0 Å². The third-order valence-electron chi connectivity index (χ3n) is 4.09. The van der Waals surface area contributed by atoms with Gasteiger partial charge in [-0.3, -0.25) is 19.2 Å². The van der Waals surface area contributed by atoms with Crippen LogP contribution in [0.5, 0.6) is 0 Å². The van der Waals surface area contributed by atoms with E-state index in [0.717, 1.165) is 0 Å². The van der Waals surface area contributed by atoms with Gasteiger partial charge >= 0.3 is 0 Å². The summed E-state index contributed by atoms with van der Waals surface area (Å²) in [5, 5.41) is 8.10. The van der Waals surface area contributed by atoms with Gasteiger partial charge in [0, 0.05) is 19.4 Å². The van der Waals surface area contributed by atoms with Crippen LogP contribution in [-0.2, 0) is 19.2 Å². The van der Waals surface area contributed by atoms with Gasteiger partial charge in [0.15, 0.2) is 5.78 Å². The molecule has 0 spiro atoms. The monoisotopic (exact) mass is 417 g/mol. The van der Waals surface area contributed by atoms with E-state index < -0.39 is 12.1 Å². The van der Waals surface area contributed by atoms with E-state index in [9.17, 15) is 19.2 Å². The van der Waals surface area contributed by atoms with E-state index in [0.29, 0.717) is 25.8 Å². The number of alkyl halides is 1. The Balaban J connectivity index is 4.48. The topological polar surface area (TPSA) is 104 Å². The summed E-state index contributed by atoms with van der Waals surface area (Å²) in [4.78, 5) is 48.0. The summed E-state index contributed by atoms with van der Waals surface area (Å²) in [5.41, 5.74) is -0.148. The zero-order chi connectivity index (χ0) is 21.9.